The third-order valence-electron chi connectivity index (χ3n) is 2.64. The largest absolute Gasteiger partial charge is 0.352 e. The highest BCUT2D eigenvalue weighted by atomic mass is 79.9. The minimum Gasteiger partial charge on any atom is -0.352 e. The SMILES string of the molecule is CCCCNC(=O)c1cc(Br)c(C)c(S(=O)(=O)Cl)c1. The Hall–Kier alpha value is -0.590. The molecule has 7 heteroatoms. The van der Waals surface area contributed by atoms with Gasteiger partial charge in [0.2, 0.25) is 0 Å². The number of hydrogen-bond donors (Lipinski definition) is 1. The van der Waals surface area contributed by atoms with Gasteiger partial charge in [0.25, 0.3) is 15.0 Å². The highest BCUT2D eigenvalue weighted by molar-refractivity contribution is 9.10. The van der Waals surface area contributed by atoms with Crippen LogP contribution in [0.5, 0.6) is 0 Å². The molecule has 0 saturated carbocycles. The highest BCUT2D eigenvalue weighted by Crippen LogP contribution is 2.28. The predicted octanol–water partition coefficient (Wildman–Crippen LogP) is 3.21. The van der Waals surface area contributed by atoms with E-state index in [4.69, 9.17) is 10.7 Å². The smallest absolute Gasteiger partial charge is 0.261 e. The molecular formula is C12H15BrClNO3S. The van der Waals surface area contributed by atoms with Crippen molar-refractivity contribution < 1.29 is 13.2 Å². The van der Waals surface area contributed by atoms with Crippen LogP contribution in [0, 0.1) is 6.92 Å². The summed E-state index contributed by atoms with van der Waals surface area (Å²) in [5.41, 5.74) is 0.757. The maximum Gasteiger partial charge on any atom is 0.261 e. The number of rotatable bonds is 5. The quantitative estimate of drug-likeness (QED) is 0.641. The number of benzene rings is 1. The van der Waals surface area contributed by atoms with Crippen LogP contribution in [0.15, 0.2) is 21.5 Å². The van der Waals surface area contributed by atoms with Gasteiger partial charge in [-0.1, -0.05) is 29.3 Å². The van der Waals surface area contributed by atoms with E-state index in [1.807, 2.05) is 6.92 Å². The van der Waals surface area contributed by atoms with Crippen molar-refractivity contribution in [2.24, 2.45) is 0 Å². The van der Waals surface area contributed by atoms with E-state index < -0.39 is 9.05 Å². The predicted molar refractivity (Wildman–Crippen MR) is 79.2 cm³/mol. The summed E-state index contributed by atoms with van der Waals surface area (Å²) in [6.45, 7) is 4.20. The Kier molecular flexibility index (Phi) is 5.82. The third kappa shape index (κ3) is 4.47. The number of hydrogen-bond acceptors (Lipinski definition) is 3. The van der Waals surface area contributed by atoms with E-state index >= 15 is 0 Å². The van der Waals surface area contributed by atoms with Crippen molar-refractivity contribution in [2.45, 2.75) is 31.6 Å². The van der Waals surface area contributed by atoms with Crippen LogP contribution in [0.4, 0.5) is 0 Å². The summed E-state index contributed by atoms with van der Waals surface area (Å²) in [7, 11) is 1.48. The zero-order valence-electron chi connectivity index (χ0n) is 10.7. The van der Waals surface area contributed by atoms with E-state index in [0.717, 1.165) is 12.8 Å². The third-order valence-corrected chi connectivity index (χ3v) is 4.91. The number of carbonyl (C=O) groups excluding carboxylic acids is 1. The fraction of sp³-hybridized carbons (Fsp3) is 0.417. The zero-order chi connectivity index (χ0) is 14.6. The molecular weight excluding hydrogens is 354 g/mol. The summed E-state index contributed by atoms with van der Waals surface area (Å²) in [6, 6.07) is 2.88. The van der Waals surface area contributed by atoms with Crippen molar-refractivity contribution in [3.63, 3.8) is 0 Å². The summed E-state index contributed by atoms with van der Waals surface area (Å²) < 4.78 is 23.4. The minimum absolute atomic E-state index is 0.0517. The maximum absolute atomic E-state index is 11.9. The normalized spacial score (nSPS) is 11.4. The number of carbonyl (C=O) groups is 1. The van der Waals surface area contributed by atoms with Crippen molar-refractivity contribution in [1.82, 2.24) is 5.32 Å². The lowest BCUT2D eigenvalue weighted by Crippen LogP contribution is -2.24. The summed E-state index contributed by atoms with van der Waals surface area (Å²) >= 11 is 3.24. The molecule has 1 rings (SSSR count). The zero-order valence-corrected chi connectivity index (χ0v) is 13.8. The van der Waals surface area contributed by atoms with Gasteiger partial charge in [0.15, 0.2) is 0 Å². The first-order valence-corrected chi connectivity index (χ1v) is 8.90. The molecule has 106 valence electrons. The molecule has 0 spiro atoms. The molecule has 0 aliphatic heterocycles. The van der Waals surface area contributed by atoms with E-state index in [-0.39, 0.29) is 16.4 Å². The Labute approximate surface area is 126 Å². The lowest BCUT2D eigenvalue weighted by atomic mass is 10.1. The lowest BCUT2D eigenvalue weighted by molar-refractivity contribution is 0.0953. The van der Waals surface area contributed by atoms with Crippen molar-refractivity contribution in [3.8, 4) is 0 Å². The molecule has 0 aliphatic carbocycles. The molecule has 0 bridgehead atoms. The number of amides is 1. The van der Waals surface area contributed by atoms with Gasteiger partial charge in [0.05, 0.1) is 4.90 Å². The van der Waals surface area contributed by atoms with Gasteiger partial charge in [-0.25, -0.2) is 8.42 Å². The van der Waals surface area contributed by atoms with E-state index in [0.29, 0.717) is 16.6 Å². The van der Waals surface area contributed by atoms with Crippen LogP contribution in [0.1, 0.15) is 35.7 Å². The standard InChI is InChI=1S/C12H15BrClNO3S/c1-3-4-5-15-12(16)9-6-10(13)8(2)11(7-9)19(14,17)18/h6-7H,3-5H2,1-2H3,(H,15,16). The summed E-state index contributed by atoms with van der Waals surface area (Å²) in [4.78, 5) is 11.8. The van der Waals surface area contributed by atoms with Gasteiger partial charge in [0.1, 0.15) is 0 Å². The first kappa shape index (κ1) is 16.5. The molecule has 0 aromatic heterocycles. The second kappa shape index (κ2) is 6.72. The van der Waals surface area contributed by atoms with E-state index in [1.54, 1.807) is 13.0 Å². The molecule has 1 aromatic carbocycles. The van der Waals surface area contributed by atoms with Gasteiger partial charge >= 0.3 is 0 Å². The lowest BCUT2D eigenvalue weighted by Gasteiger charge is -2.09. The summed E-state index contributed by atoms with van der Waals surface area (Å²) in [5, 5.41) is 2.73. The van der Waals surface area contributed by atoms with Crippen molar-refractivity contribution in [1.29, 1.82) is 0 Å². The van der Waals surface area contributed by atoms with Crippen LogP contribution in [0.3, 0.4) is 0 Å². The molecule has 0 aliphatic rings. The Morgan fingerprint density at radius 1 is 1.42 bits per heavy atom. The Bertz CT molecular complexity index is 587. The van der Waals surface area contributed by atoms with Gasteiger partial charge in [0, 0.05) is 27.3 Å². The number of unbranched alkanes of at least 4 members (excludes halogenated alkanes) is 1. The first-order valence-electron chi connectivity index (χ1n) is 5.80. The second-order valence-electron chi connectivity index (χ2n) is 4.13. The molecule has 0 heterocycles. The number of nitrogens with one attached hydrogen (secondary N) is 1. The molecule has 1 aromatic rings. The molecule has 0 radical (unpaired) electrons. The molecule has 19 heavy (non-hydrogen) atoms. The average Bonchev–Trinajstić information content (AvgIpc) is 2.31. The molecule has 0 atom stereocenters. The van der Waals surface area contributed by atoms with Crippen molar-refractivity contribution >= 4 is 41.6 Å². The monoisotopic (exact) mass is 367 g/mol. The average molecular weight is 369 g/mol. The molecule has 0 saturated heterocycles. The van der Waals surface area contributed by atoms with Crippen LogP contribution < -0.4 is 5.32 Å². The van der Waals surface area contributed by atoms with Crippen LogP contribution >= 0.6 is 26.6 Å². The summed E-state index contributed by atoms with van der Waals surface area (Å²) in [5.74, 6) is -0.310. The van der Waals surface area contributed by atoms with Crippen LogP contribution in [-0.2, 0) is 9.05 Å². The van der Waals surface area contributed by atoms with E-state index in [9.17, 15) is 13.2 Å². The molecule has 0 unspecified atom stereocenters. The van der Waals surface area contributed by atoms with Gasteiger partial charge in [-0.2, -0.15) is 0 Å². The molecule has 1 amide bonds. The Balaban J connectivity index is 3.11. The topological polar surface area (TPSA) is 63.2 Å². The fourth-order valence-electron chi connectivity index (χ4n) is 1.52. The van der Waals surface area contributed by atoms with Crippen LogP contribution in [-0.4, -0.2) is 20.9 Å². The molecule has 0 fully saturated rings. The number of halogens is 2. The fourth-order valence-corrected chi connectivity index (χ4v) is 3.33. The van der Waals surface area contributed by atoms with Gasteiger partial charge < -0.3 is 5.32 Å². The summed E-state index contributed by atoms with van der Waals surface area (Å²) in [6.07, 6.45) is 1.85. The maximum atomic E-state index is 11.9. The van der Waals surface area contributed by atoms with Crippen molar-refractivity contribution in [2.75, 3.05) is 6.54 Å². The van der Waals surface area contributed by atoms with Gasteiger partial charge in [-0.3, -0.25) is 4.79 Å². The Morgan fingerprint density at radius 2 is 2.05 bits per heavy atom. The second-order valence-corrected chi connectivity index (χ2v) is 7.52. The molecule has 1 N–H and O–H groups in total. The highest BCUT2D eigenvalue weighted by Gasteiger charge is 2.19. The van der Waals surface area contributed by atoms with Crippen LogP contribution in [0.2, 0.25) is 0 Å². The van der Waals surface area contributed by atoms with Gasteiger partial charge in [-0.15, -0.1) is 0 Å². The van der Waals surface area contributed by atoms with Crippen molar-refractivity contribution in [3.05, 3.63) is 27.7 Å². The van der Waals surface area contributed by atoms with E-state index in [2.05, 4.69) is 21.2 Å². The minimum atomic E-state index is -3.87. The van der Waals surface area contributed by atoms with Crippen LogP contribution in [0.25, 0.3) is 0 Å². The van der Waals surface area contributed by atoms with E-state index in [1.165, 1.54) is 6.07 Å². The first-order chi connectivity index (χ1) is 8.77. The molecule has 4 nitrogen and oxygen atoms in total. The Morgan fingerprint density at radius 3 is 2.58 bits per heavy atom. The van der Waals surface area contributed by atoms with Gasteiger partial charge in [-0.05, 0) is 31.0 Å².